The van der Waals surface area contributed by atoms with E-state index in [9.17, 15) is 9.59 Å². The number of hydrogen-bond donors (Lipinski definition) is 0. The highest BCUT2D eigenvalue weighted by Gasteiger charge is 2.42. The molecular formula is C22H32N2O2. The van der Waals surface area contributed by atoms with Crippen LogP contribution < -0.4 is 0 Å². The van der Waals surface area contributed by atoms with Gasteiger partial charge in [0, 0.05) is 38.5 Å². The van der Waals surface area contributed by atoms with Crippen LogP contribution in [0.2, 0.25) is 0 Å². The van der Waals surface area contributed by atoms with Crippen LogP contribution in [-0.4, -0.2) is 47.8 Å². The molecule has 0 aliphatic carbocycles. The van der Waals surface area contributed by atoms with Gasteiger partial charge >= 0.3 is 0 Å². The quantitative estimate of drug-likeness (QED) is 0.829. The number of rotatable bonds is 3. The molecule has 1 aromatic carbocycles. The number of likely N-dealkylation sites (tertiary alicyclic amines) is 2. The Bertz CT molecular complexity index is 629. The molecule has 1 aromatic rings. The van der Waals surface area contributed by atoms with Gasteiger partial charge < -0.3 is 9.80 Å². The third kappa shape index (κ3) is 4.46. The Morgan fingerprint density at radius 1 is 0.962 bits per heavy atom. The smallest absolute Gasteiger partial charge is 0.228 e. The van der Waals surface area contributed by atoms with Crippen molar-refractivity contribution in [3.05, 3.63) is 35.9 Å². The summed E-state index contributed by atoms with van der Waals surface area (Å²) in [6.07, 6.45) is 3.94. The van der Waals surface area contributed by atoms with Crippen LogP contribution in [0.25, 0.3) is 0 Å². The Morgan fingerprint density at radius 2 is 1.62 bits per heavy atom. The molecule has 2 fully saturated rings. The molecule has 2 heterocycles. The lowest BCUT2D eigenvalue weighted by atomic mass is 9.87. The van der Waals surface area contributed by atoms with Gasteiger partial charge in [-0.25, -0.2) is 0 Å². The fourth-order valence-electron chi connectivity index (χ4n) is 4.21. The molecule has 2 amide bonds. The highest BCUT2D eigenvalue weighted by atomic mass is 16.2. The van der Waals surface area contributed by atoms with E-state index in [2.05, 4.69) is 32.9 Å². The predicted octanol–water partition coefficient (Wildman–Crippen LogP) is 3.68. The average molecular weight is 357 g/mol. The summed E-state index contributed by atoms with van der Waals surface area (Å²) < 4.78 is 0. The van der Waals surface area contributed by atoms with Crippen LogP contribution in [0.1, 0.15) is 57.9 Å². The van der Waals surface area contributed by atoms with Gasteiger partial charge in [-0.1, -0.05) is 51.1 Å². The maximum absolute atomic E-state index is 13.2. The molecule has 2 aliphatic heterocycles. The fourth-order valence-corrected chi connectivity index (χ4v) is 4.21. The van der Waals surface area contributed by atoms with Crippen molar-refractivity contribution in [1.82, 2.24) is 9.80 Å². The number of hydrogen-bond acceptors (Lipinski definition) is 2. The van der Waals surface area contributed by atoms with E-state index in [1.54, 1.807) is 0 Å². The molecule has 4 nitrogen and oxygen atoms in total. The lowest BCUT2D eigenvalue weighted by Gasteiger charge is -2.31. The molecule has 2 unspecified atom stereocenters. The second-order valence-electron chi connectivity index (χ2n) is 9.05. The van der Waals surface area contributed by atoms with Gasteiger partial charge in [0.2, 0.25) is 11.8 Å². The molecule has 0 aromatic heterocycles. The Labute approximate surface area is 157 Å². The van der Waals surface area contributed by atoms with Gasteiger partial charge in [-0.15, -0.1) is 0 Å². The molecule has 0 radical (unpaired) electrons. The molecule has 142 valence electrons. The Balaban J connectivity index is 1.79. The van der Waals surface area contributed by atoms with Crippen LogP contribution in [-0.2, 0) is 9.59 Å². The van der Waals surface area contributed by atoms with Crippen LogP contribution in [0.5, 0.6) is 0 Å². The van der Waals surface area contributed by atoms with Crippen LogP contribution in [0.3, 0.4) is 0 Å². The molecule has 2 atom stereocenters. The second kappa shape index (κ2) is 7.81. The minimum Gasteiger partial charge on any atom is -0.342 e. The van der Waals surface area contributed by atoms with Crippen LogP contribution >= 0.6 is 0 Å². The van der Waals surface area contributed by atoms with Gasteiger partial charge in [0.1, 0.15) is 0 Å². The molecule has 2 aliphatic rings. The molecule has 4 heteroatoms. The minimum absolute atomic E-state index is 0.0334. The SMILES string of the molecule is CC(C)(C)CC(=O)N1CC(C(=O)N2CCCCC2)C(c2ccccc2)C1. The number of benzene rings is 1. The van der Waals surface area contributed by atoms with E-state index >= 15 is 0 Å². The molecule has 3 rings (SSSR count). The van der Waals surface area contributed by atoms with Crippen molar-refractivity contribution in [3.8, 4) is 0 Å². The molecule has 26 heavy (non-hydrogen) atoms. The van der Waals surface area contributed by atoms with Crippen molar-refractivity contribution in [3.63, 3.8) is 0 Å². The first-order valence-corrected chi connectivity index (χ1v) is 9.97. The number of amides is 2. The predicted molar refractivity (Wildman–Crippen MR) is 104 cm³/mol. The Hall–Kier alpha value is -1.84. The second-order valence-corrected chi connectivity index (χ2v) is 9.05. The Morgan fingerprint density at radius 3 is 2.23 bits per heavy atom. The molecule has 0 spiro atoms. The first kappa shape index (κ1) is 18.9. The summed E-state index contributed by atoms with van der Waals surface area (Å²) in [5.41, 5.74) is 1.14. The number of piperidine rings is 1. The monoisotopic (exact) mass is 356 g/mol. The molecule has 2 saturated heterocycles. The van der Waals surface area contributed by atoms with E-state index in [0.717, 1.165) is 25.9 Å². The zero-order valence-corrected chi connectivity index (χ0v) is 16.4. The van der Waals surface area contributed by atoms with Crippen LogP contribution in [0, 0.1) is 11.3 Å². The summed E-state index contributed by atoms with van der Waals surface area (Å²) in [4.78, 5) is 30.0. The minimum atomic E-state index is -0.112. The summed E-state index contributed by atoms with van der Waals surface area (Å²) in [5, 5.41) is 0. The number of nitrogens with zero attached hydrogens (tertiary/aromatic N) is 2. The summed E-state index contributed by atoms with van der Waals surface area (Å²) in [5.74, 6) is 0.408. The normalized spacial score (nSPS) is 24.0. The summed E-state index contributed by atoms with van der Waals surface area (Å²) in [7, 11) is 0. The third-order valence-electron chi connectivity index (χ3n) is 5.57. The highest BCUT2D eigenvalue weighted by molar-refractivity contribution is 5.83. The van der Waals surface area contributed by atoms with Crippen LogP contribution in [0.4, 0.5) is 0 Å². The first-order chi connectivity index (χ1) is 12.3. The van der Waals surface area contributed by atoms with Gasteiger partial charge in [-0.2, -0.15) is 0 Å². The molecule has 0 saturated carbocycles. The lowest BCUT2D eigenvalue weighted by Crippen LogP contribution is -2.42. The Kier molecular flexibility index (Phi) is 5.69. The summed E-state index contributed by atoms with van der Waals surface area (Å²) in [6, 6.07) is 10.2. The topological polar surface area (TPSA) is 40.6 Å². The van der Waals surface area contributed by atoms with Crippen molar-refractivity contribution < 1.29 is 9.59 Å². The number of carbonyl (C=O) groups is 2. The molecular weight excluding hydrogens is 324 g/mol. The van der Waals surface area contributed by atoms with Crippen molar-refractivity contribution in [2.24, 2.45) is 11.3 Å². The molecule has 0 N–H and O–H groups in total. The highest BCUT2D eigenvalue weighted by Crippen LogP contribution is 2.35. The van der Waals surface area contributed by atoms with Gasteiger partial charge in [0.05, 0.1) is 5.92 Å². The van der Waals surface area contributed by atoms with E-state index < -0.39 is 0 Å². The standard InChI is InChI=1S/C22H32N2O2/c1-22(2,3)14-20(25)24-15-18(17-10-6-4-7-11-17)19(16-24)21(26)23-12-8-5-9-13-23/h4,6-7,10-11,18-19H,5,8-9,12-16H2,1-3H3. The van der Waals surface area contributed by atoms with E-state index in [1.165, 1.54) is 12.0 Å². The van der Waals surface area contributed by atoms with Crippen molar-refractivity contribution in [1.29, 1.82) is 0 Å². The van der Waals surface area contributed by atoms with E-state index in [0.29, 0.717) is 19.5 Å². The van der Waals surface area contributed by atoms with E-state index in [-0.39, 0.29) is 29.1 Å². The average Bonchev–Trinajstić information content (AvgIpc) is 3.07. The zero-order chi connectivity index (χ0) is 18.7. The summed E-state index contributed by atoms with van der Waals surface area (Å²) >= 11 is 0. The fraction of sp³-hybridized carbons (Fsp3) is 0.636. The van der Waals surface area contributed by atoms with E-state index in [4.69, 9.17) is 0 Å². The molecule has 0 bridgehead atoms. The first-order valence-electron chi connectivity index (χ1n) is 9.97. The van der Waals surface area contributed by atoms with Crippen LogP contribution in [0.15, 0.2) is 30.3 Å². The maximum atomic E-state index is 13.2. The number of carbonyl (C=O) groups excluding carboxylic acids is 2. The van der Waals surface area contributed by atoms with Gasteiger partial charge in [0.15, 0.2) is 0 Å². The lowest BCUT2D eigenvalue weighted by molar-refractivity contribution is -0.137. The largest absolute Gasteiger partial charge is 0.342 e. The third-order valence-corrected chi connectivity index (χ3v) is 5.57. The summed E-state index contributed by atoms with van der Waals surface area (Å²) in [6.45, 7) is 9.22. The van der Waals surface area contributed by atoms with Crippen molar-refractivity contribution in [2.45, 2.75) is 52.4 Å². The van der Waals surface area contributed by atoms with Crippen molar-refractivity contribution in [2.75, 3.05) is 26.2 Å². The maximum Gasteiger partial charge on any atom is 0.228 e. The van der Waals surface area contributed by atoms with Gasteiger partial charge in [-0.3, -0.25) is 9.59 Å². The van der Waals surface area contributed by atoms with E-state index in [1.807, 2.05) is 28.0 Å². The van der Waals surface area contributed by atoms with Gasteiger partial charge in [-0.05, 0) is 30.2 Å². The zero-order valence-electron chi connectivity index (χ0n) is 16.4. The van der Waals surface area contributed by atoms with Crippen molar-refractivity contribution >= 4 is 11.8 Å². The van der Waals surface area contributed by atoms with Gasteiger partial charge in [0.25, 0.3) is 0 Å².